The third-order valence-corrected chi connectivity index (χ3v) is 2.72. The van der Waals surface area contributed by atoms with Gasteiger partial charge in [-0.15, -0.1) is 0 Å². The smallest absolute Gasteiger partial charge is 0.309 e. The topological polar surface area (TPSA) is 26.3 Å². The summed E-state index contributed by atoms with van der Waals surface area (Å²) < 4.78 is 5.30. The highest BCUT2D eigenvalue weighted by Gasteiger charge is 2.17. The molecule has 0 heterocycles. The van der Waals surface area contributed by atoms with E-state index in [1.54, 1.807) is 6.07 Å². The second-order valence-electron chi connectivity index (χ2n) is 4.07. The van der Waals surface area contributed by atoms with Crippen LogP contribution in [-0.2, 0) is 4.79 Å². The molecule has 2 radical (unpaired) electrons. The maximum atomic E-state index is 11.9. The van der Waals surface area contributed by atoms with Gasteiger partial charge in [0.1, 0.15) is 5.75 Å². The molecule has 0 fully saturated rings. The van der Waals surface area contributed by atoms with Crippen molar-refractivity contribution in [3.63, 3.8) is 0 Å². The Bertz CT molecular complexity index is 537. The molecule has 2 nitrogen and oxygen atoms in total. The molecule has 3 heteroatoms. The average molecular weight is 236 g/mol. The summed E-state index contributed by atoms with van der Waals surface area (Å²) in [6.45, 7) is 1.89. The maximum Gasteiger partial charge on any atom is 0.309 e. The van der Waals surface area contributed by atoms with Gasteiger partial charge in [-0.2, -0.15) is 0 Å². The molecule has 2 aromatic carbocycles. The molecule has 1 atom stereocenters. The van der Waals surface area contributed by atoms with Gasteiger partial charge in [-0.05, 0) is 24.1 Å². The predicted molar refractivity (Wildman–Crippen MR) is 71.8 cm³/mol. The molecule has 0 N–H and O–H groups in total. The Morgan fingerprint density at radius 3 is 2.33 bits per heavy atom. The van der Waals surface area contributed by atoms with E-state index in [4.69, 9.17) is 12.6 Å². The normalized spacial score (nSPS) is 11.8. The minimum Gasteiger partial charge on any atom is -0.426 e. The summed E-state index contributed by atoms with van der Waals surface area (Å²) in [4.78, 5) is 11.9. The van der Waals surface area contributed by atoms with E-state index in [0.29, 0.717) is 5.75 Å². The molecule has 0 aromatic heterocycles. The number of carbonyl (C=O) groups excluding carboxylic acids is 1. The first kappa shape index (κ1) is 12.4. The molecular weight excluding hydrogens is 223 g/mol. The number of hydrogen-bond acceptors (Lipinski definition) is 2. The summed E-state index contributed by atoms with van der Waals surface area (Å²) >= 11 is 0. The number of para-hydroxylation sites is 1. The van der Waals surface area contributed by atoms with Gasteiger partial charge in [-0.25, -0.2) is 0 Å². The molecule has 0 spiro atoms. The number of rotatable bonds is 3. The maximum absolute atomic E-state index is 11.9. The van der Waals surface area contributed by atoms with Crippen LogP contribution in [0, 0.1) is 6.92 Å². The fraction of sp³-hybridized carbons (Fsp3) is 0.133. The van der Waals surface area contributed by atoms with E-state index >= 15 is 0 Å². The minimum absolute atomic E-state index is 0.449. The molecule has 0 aliphatic heterocycles. The first-order chi connectivity index (χ1) is 8.68. The highest BCUT2D eigenvalue weighted by atomic mass is 16.5. The monoisotopic (exact) mass is 236 g/mol. The first-order valence-corrected chi connectivity index (χ1v) is 5.76. The van der Waals surface area contributed by atoms with Crippen molar-refractivity contribution in [2.45, 2.75) is 12.7 Å². The van der Waals surface area contributed by atoms with Gasteiger partial charge in [0.15, 0.2) is 0 Å². The number of aryl methyl sites for hydroxylation is 1. The van der Waals surface area contributed by atoms with E-state index in [1.807, 2.05) is 55.5 Å². The zero-order valence-electron chi connectivity index (χ0n) is 10.2. The summed E-state index contributed by atoms with van der Waals surface area (Å²) in [5, 5.41) is 0. The van der Waals surface area contributed by atoms with Gasteiger partial charge in [0, 0.05) is 5.82 Å². The van der Waals surface area contributed by atoms with Gasteiger partial charge in [-0.1, -0.05) is 48.5 Å². The van der Waals surface area contributed by atoms with Gasteiger partial charge in [0.2, 0.25) is 0 Å². The van der Waals surface area contributed by atoms with Crippen molar-refractivity contribution in [2.75, 3.05) is 0 Å². The Morgan fingerprint density at radius 2 is 1.67 bits per heavy atom. The third-order valence-electron chi connectivity index (χ3n) is 2.72. The Kier molecular flexibility index (Phi) is 3.83. The van der Waals surface area contributed by atoms with E-state index in [9.17, 15) is 4.79 Å². The molecule has 0 saturated carbocycles. The first-order valence-electron chi connectivity index (χ1n) is 5.76. The molecule has 0 amide bonds. The molecule has 88 valence electrons. The summed E-state index contributed by atoms with van der Waals surface area (Å²) in [6.07, 6.45) is 0. The lowest BCUT2D eigenvalue weighted by atomic mass is 9.81. The molecule has 0 aliphatic carbocycles. The fourth-order valence-corrected chi connectivity index (χ4v) is 1.64. The molecule has 0 bridgehead atoms. The minimum atomic E-state index is -0.759. The van der Waals surface area contributed by atoms with Crippen molar-refractivity contribution in [3.8, 4) is 5.75 Å². The number of benzene rings is 2. The van der Waals surface area contributed by atoms with Crippen LogP contribution in [0.2, 0.25) is 0 Å². The third kappa shape index (κ3) is 2.80. The van der Waals surface area contributed by atoms with Gasteiger partial charge < -0.3 is 4.74 Å². The van der Waals surface area contributed by atoms with Crippen molar-refractivity contribution in [2.24, 2.45) is 0 Å². The second kappa shape index (κ2) is 5.54. The molecule has 0 saturated heterocycles. The summed E-state index contributed by atoms with van der Waals surface area (Å²) in [7, 11) is 5.86. The van der Waals surface area contributed by atoms with Gasteiger partial charge in [-0.3, -0.25) is 4.79 Å². The Balaban J connectivity index is 2.12. The number of esters is 1. The van der Waals surface area contributed by atoms with Crippen LogP contribution in [0.4, 0.5) is 0 Å². The zero-order valence-corrected chi connectivity index (χ0v) is 10.2. The van der Waals surface area contributed by atoms with Crippen molar-refractivity contribution in [1.82, 2.24) is 0 Å². The van der Waals surface area contributed by atoms with Gasteiger partial charge in [0.05, 0.1) is 7.85 Å². The molecule has 2 rings (SSSR count). The largest absolute Gasteiger partial charge is 0.426 e. The quantitative estimate of drug-likeness (QED) is 0.465. The van der Waals surface area contributed by atoms with Gasteiger partial charge >= 0.3 is 5.97 Å². The van der Waals surface area contributed by atoms with Crippen molar-refractivity contribution in [3.05, 3.63) is 65.7 Å². The average Bonchev–Trinajstić information content (AvgIpc) is 2.41. The summed E-state index contributed by atoms with van der Waals surface area (Å²) in [5.74, 6) is -0.657. The van der Waals surface area contributed by atoms with Crippen LogP contribution in [0.5, 0.6) is 5.75 Å². The van der Waals surface area contributed by atoms with Gasteiger partial charge in [0.25, 0.3) is 0 Å². The fourth-order valence-electron chi connectivity index (χ4n) is 1.64. The van der Waals surface area contributed by atoms with Crippen LogP contribution in [0.3, 0.4) is 0 Å². The Morgan fingerprint density at radius 1 is 1.06 bits per heavy atom. The summed E-state index contributed by atoms with van der Waals surface area (Å²) in [6, 6.07) is 16.5. The highest BCUT2D eigenvalue weighted by Crippen LogP contribution is 2.20. The summed E-state index contributed by atoms with van der Waals surface area (Å²) in [5.41, 5.74) is 1.65. The van der Waals surface area contributed by atoms with Crippen LogP contribution in [0.15, 0.2) is 54.6 Å². The number of ether oxygens (including phenoxy) is 1. The van der Waals surface area contributed by atoms with Crippen molar-refractivity contribution < 1.29 is 9.53 Å². The van der Waals surface area contributed by atoms with Crippen LogP contribution < -0.4 is 4.74 Å². The standard InChI is InChI=1S/C15H13BO2/c1-11-7-5-6-10-13(11)18-15(17)14(16)12-8-3-2-4-9-12/h2-10,14H,1H3/t14-/m1/s1. The van der Waals surface area contributed by atoms with E-state index < -0.39 is 11.8 Å². The van der Waals surface area contributed by atoms with Crippen LogP contribution >= 0.6 is 0 Å². The van der Waals surface area contributed by atoms with E-state index in [0.717, 1.165) is 11.1 Å². The van der Waals surface area contributed by atoms with Crippen molar-refractivity contribution in [1.29, 1.82) is 0 Å². The van der Waals surface area contributed by atoms with Crippen LogP contribution in [0.1, 0.15) is 16.9 Å². The van der Waals surface area contributed by atoms with Crippen molar-refractivity contribution >= 4 is 13.8 Å². The zero-order chi connectivity index (χ0) is 13.0. The molecule has 0 aliphatic rings. The van der Waals surface area contributed by atoms with E-state index in [1.165, 1.54) is 0 Å². The molecule has 18 heavy (non-hydrogen) atoms. The van der Waals surface area contributed by atoms with E-state index in [-0.39, 0.29) is 0 Å². The number of hydrogen-bond donors (Lipinski definition) is 0. The Labute approximate surface area is 108 Å². The van der Waals surface area contributed by atoms with E-state index in [2.05, 4.69) is 0 Å². The lowest BCUT2D eigenvalue weighted by molar-refractivity contribution is -0.134. The predicted octanol–water partition coefficient (Wildman–Crippen LogP) is 2.81. The SMILES string of the molecule is [B][C@@H](C(=O)Oc1ccccc1C)c1ccccc1. The Hall–Kier alpha value is -2.03. The second-order valence-corrected chi connectivity index (χ2v) is 4.07. The molecular formula is C15H13BO2. The number of carbonyl (C=O) groups is 1. The molecule has 0 unspecified atom stereocenters. The van der Waals surface area contributed by atoms with Crippen LogP contribution in [0.25, 0.3) is 0 Å². The highest BCUT2D eigenvalue weighted by molar-refractivity contribution is 6.23. The molecule has 2 aromatic rings. The lowest BCUT2D eigenvalue weighted by Gasteiger charge is -2.13. The van der Waals surface area contributed by atoms with Crippen LogP contribution in [-0.4, -0.2) is 13.8 Å². The lowest BCUT2D eigenvalue weighted by Crippen LogP contribution is -2.19.